The van der Waals surface area contributed by atoms with Crippen LogP contribution in [-0.2, 0) is 15.0 Å². The van der Waals surface area contributed by atoms with Crippen LogP contribution in [0.5, 0.6) is 0 Å². The summed E-state index contributed by atoms with van der Waals surface area (Å²) < 4.78 is 29.0. The average Bonchev–Trinajstić information content (AvgIpc) is 2.90. The van der Waals surface area contributed by atoms with Crippen molar-refractivity contribution in [3.05, 3.63) is 77.4 Å². The Labute approximate surface area is 223 Å². The first-order valence-electron chi connectivity index (χ1n) is 12.5. The van der Waals surface area contributed by atoms with Gasteiger partial charge >= 0.3 is 5.97 Å². The number of benzene rings is 3. The van der Waals surface area contributed by atoms with Crippen molar-refractivity contribution in [2.45, 2.75) is 26.8 Å². The van der Waals surface area contributed by atoms with Crippen LogP contribution in [0.3, 0.4) is 0 Å². The quantitative estimate of drug-likeness (QED) is 0.356. The van der Waals surface area contributed by atoms with Crippen molar-refractivity contribution < 1.29 is 23.1 Å². The summed E-state index contributed by atoms with van der Waals surface area (Å²) in [5, 5.41) is 11.2. The highest BCUT2D eigenvalue weighted by molar-refractivity contribution is 7.87. The van der Waals surface area contributed by atoms with Crippen molar-refractivity contribution in [2.24, 2.45) is 5.92 Å². The summed E-state index contributed by atoms with van der Waals surface area (Å²) in [6.07, 6.45) is 0. The van der Waals surface area contributed by atoms with Crippen LogP contribution in [0, 0.1) is 17.8 Å². The van der Waals surface area contributed by atoms with Crippen molar-refractivity contribution in [1.29, 1.82) is 0 Å². The van der Waals surface area contributed by atoms with E-state index >= 15 is 0 Å². The molecule has 0 saturated carbocycles. The molecule has 38 heavy (non-hydrogen) atoms. The third-order valence-corrected chi connectivity index (χ3v) is 8.23. The second-order valence-corrected chi connectivity index (χ2v) is 11.4. The maximum Gasteiger partial charge on any atom is 0.322 e. The van der Waals surface area contributed by atoms with Crippen LogP contribution >= 0.6 is 0 Å². The fourth-order valence-corrected chi connectivity index (χ4v) is 5.94. The van der Waals surface area contributed by atoms with E-state index in [-0.39, 0.29) is 24.8 Å². The van der Waals surface area contributed by atoms with Gasteiger partial charge in [0.15, 0.2) is 5.78 Å². The van der Waals surface area contributed by atoms with E-state index in [0.29, 0.717) is 18.7 Å². The van der Waals surface area contributed by atoms with Crippen LogP contribution in [0.15, 0.2) is 60.7 Å². The normalized spacial score (nSPS) is 15.2. The third kappa shape index (κ3) is 6.22. The molecule has 0 aromatic heterocycles. The van der Waals surface area contributed by atoms with Crippen molar-refractivity contribution in [3.8, 4) is 11.8 Å². The molecular weight excluding hydrogens is 502 g/mol. The van der Waals surface area contributed by atoms with Crippen LogP contribution in [0.1, 0.15) is 42.3 Å². The molecule has 3 aromatic carbocycles. The summed E-state index contributed by atoms with van der Waals surface area (Å²) >= 11 is 0. The molecule has 1 aliphatic rings. The molecule has 1 fully saturated rings. The highest BCUT2D eigenvalue weighted by Crippen LogP contribution is 2.22. The molecule has 1 saturated heterocycles. The van der Waals surface area contributed by atoms with E-state index in [0.717, 1.165) is 27.6 Å². The number of carbonyl (C=O) groups is 2. The molecule has 0 spiro atoms. The first-order chi connectivity index (χ1) is 18.0. The fourth-order valence-electron chi connectivity index (χ4n) is 4.45. The summed E-state index contributed by atoms with van der Waals surface area (Å²) in [6, 6.07) is 18.1. The van der Waals surface area contributed by atoms with Gasteiger partial charge in [-0.15, -0.1) is 0 Å². The molecule has 9 heteroatoms. The topological polar surface area (TPSA) is 107 Å². The van der Waals surface area contributed by atoms with Gasteiger partial charge in [0.2, 0.25) is 0 Å². The number of nitrogens with zero attached hydrogens (tertiary/aromatic N) is 2. The van der Waals surface area contributed by atoms with Gasteiger partial charge in [0.1, 0.15) is 6.04 Å². The average molecular weight is 534 g/mol. The van der Waals surface area contributed by atoms with Gasteiger partial charge in [-0.3, -0.25) is 9.59 Å². The molecule has 8 nitrogen and oxygen atoms in total. The van der Waals surface area contributed by atoms with Gasteiger partial charge in [0, 0.05) is 48.6 Å². The Morgan fingerprint density at radius 2 is 1.55 bits per heavy atom. The summed E-state index contributed by atoms with van der Waals surface area (Å²) in [4.78, 5) is 25.5. The smallest absolute Gasteiger partial charge is 0.322 e. The minimum atomic E-state index is -3.90. The second kappa shape index (κ2) is 11.4. The van der Waals surface area contributed by atoms with Crippen LogP contribution in [0.4, 0.5) is 5.69 Å². The number of piperazine rings is 1. The number of fused-ring (bicyclic) bond motifs is 1. The Balaban J connectivity index is 1.40. The van der Waals surface area contributed by atoms with Gasteiger partial charge in [-0.1, -0.05) is 50.0 Å². The predicted octanol–water partition coefficient (Wildman–Crippen LogP) is 3.51. The summed E-state index contributed by atoms with van der Waals surface area (Å²) in [5.74, 6) is 4.81. The van der Waals surface area contributed by atoms with Crippen LogP contribution < -0.4 is 9.62 Å². The Bertz CT molecular complexity index is 1510. The molecule has 0 amide bonds. The molecule has 4 rings (SSSR count). The molecule has 1 atom stereocenters. The van der Waals surface area contributed by atoms with Gasteiger partial charge in [-0.05, 0) is 60.0 Å². The maximum absolute atomic E-state index is 12.7. The van der Waals surface area contributed by atoms with Crippen LogP contribution in [-0.4, -0.2) is 61.8 Å². The summed E-state index contributed by atoms with van der Waals surface area (Å²) in [6.45, 7) is 6.38. The van der Waals surface area contributed by atoms with Gasteiger partial charge in [-0.25, -0.2) is 0 Å². The number of ketones is 1. The number of hydrogen-bond donors (Lipinski definition) is 2. The van der Waals surface area contributed by atoms with Gasteiger partial charge < -0.3 is 10.0 Å². The van der Waals surface area contributed by atoms with E-state index in [1.807, 2.05) is 60.7 Å². The minimum absolute atomic E-state index is 0.0195. The Morgan fingerprint density at radius 3 is 2.16 bits per heavy atom. The van der Waals surface area contributed by atoms with Crippen LogP contribution in [0.25, 0.3) is 10.8 Å². The van der Waals surface area contributed by atoms with Gasteiger partial charge in [0.25, 0.3) is 10.2 Å². The lowest BCUT2D eigenvalue weighted by molar-refractivity contribution is -0.140. The van der Waals surface area contributed by atoms with E-state index in [1.165, 1.54) is 4.31 Å². The second-order valence-electron chi connectivity index (χ2n) is 9.66. The number of rotatable bonds is 7. The van der Waals surface area contributed by atoms with Crippen molar-refractivity contribution in [3.63, 3.8) is 0 Å². The lowest BCUT2D eigenvalue weighted by Crippen LogP contribution is -2.55. The van der Waals surface area contributed by atoms with E-state index in [9.17, 15) is 23.1 Å². The molecule has 1 heterocycles. The number of carboxylic acid groups (broad SMARTS) is 1. The first-order valence-corrected chi connectivity index (χ1v) is 13.9. The molecule has 0 radical (unpaired) electrons. The maximum atomic E-state index is 12.7. The number of hydrogen-bond acceptors (Lipinski definition) is 5. The summed E-state index contributed by atoms with van der Waals surface area (Å²) in [7, 11) is -3.90. The SMILES string of the molecule is CC(=O)c1cccc2ccc(C#Cc3ccc(N4CCN(S(=O)(=O)NC(C(=O)O)C(C)C)CC4)cc3)cc12. The number of carbonyl (C=O) groups excluding carboxylic acids is 1. The third-order valence-electron chi connectivity index (χ3n) is 6.63. The predicted molar refractivity (Wildman–Crippen MR) is 148 cm³/mol. The number of carboxylic acids is 1. The van der Waals surface area contributed by atoms with E-state index < -0.39 is 22.2 Å². The Morgan fingerprint density at radius 1 is 0.921 bits per heavy atom. The molecule has 2 N–H and O–H groups in total. The lowest BCUT2D eigenvalue weighted by Gasteiger charge is -2.36. The van der Waals surface area contributed by atoms with E-state index in [4.69, 9.17) is 0 Å². The number of anilines is 1. The first kappa shape index (κ1) is 27.3. The van der Waals surface area contributed by atoms with E-state index in [1.54, 1.807) is 20.8 Å². The standard InChI is InChI=1S/C29H31N3O5S/c1-20(2)28(29(34)35)30-38(36,37)32-17-15-31(16-18-32)25-13-10-22(11-14-25)7-8-23-9-12-24-5-4-6-26(21(3)33)27(24)19-23/h4-6,9-14,19-20,28,30H,15-18H2,1-3H3,(H,34,35). The zero-order valence-corrected chi connectivity index (χ0v) is 22.5. The zero-order chi connectivity index (χ0) is 27.4. The molecular formula is C29H31N3O5S. The van der Waals surface area contributed by atoms with Crippen molar-refractivity contribution in [1.82, 2.24) is 9.03 Å². The highest BCUT2D eigenvalue weighted by Gasteiger charge is 2.32. The molecule has 198 valence electrons. The Kier molecular flexibility index (Phi) is 8.17. The molecule has 1 aliphatic heterocycles. The van der Waals surface area contributed by atoms with E-state index in [2.05, 4.69) is 21.5 Å². The van der Waals surface area contributed by atoms with Crippen LogP contribution in [0.2, 0.25) is 0 Å². The monoisotopic (exact) mass is 533 g/mol. The van der Waals surface area contributed by atoms with Gasteiger partial charge in [0.05, 0.1) is 0 Å². The number of Topliss-reactive ketones (excluding diaryl/α,β-unsaturated/α-hetero) is 1. The number of nitrogens with one attached hydrogen (secondary N) is 1. The molecule has 0 bridgehead atoms. The largest absolute Gasteiger partial charge is 0.480 e. The number of aliphatic carboxylic acids is 1. The highest BCUT2D eigenvalue weighted by atomic mass is 32.2. The molecule has 1 unspecified atom stereocenters. The molecule has 0 aliphatic carbocycles. The van der Waals surface area contributed by atoms with Gasteiger partial charge in [-0.2, -0.15) is 17.4 Å². The lowest BCUT2D eigenvalue weighted by atomic mass is 10.00. The van der Waals surface area contributed by atoms with Crippen molar-refractivity contribution in [2.75, 3.05) is 31.1 Å². The minimum Gasteiger partial charge on any atom is -0.480 e. The fraction of sp³-hybridized carbons (Fsp3) is 0.310. The molecule has 3 aromatic rings. The summed E-state index contributed by atoms with van der Waals surface area (Å²) in [5.41, 5.74) is 3.31. The van der Waals surface area contributed by atoms with Crippen molar-refractivity contribution >= 4 is 38.4 Å². The zero-order valence-electron chi connectivity index (χ0n) is 21.6. The Hall–Kier alpha value is -3.71.